The molecule has 310 valence electrons. The topological polar surface area (TPSA) is 193 Å². The molecule has 8 rings (SSSR count). The van der Waals surface area contributed by atoms with E-state index in [1.54, 1.807) is 17.0 Å². The Labute approximate surface area is 350 Å². The molecule has 0 spiro atoms. The van der Waals surface area contributed by atoms with Crippen molar-refractivity contribution < 1.29 is 28.8 Å². The van der Waals surface area contributed by atoms with Crippen LogP contribution >= 0.6 is 22.7 Å². The number of thiophene rings is 2. The molecular weight excluding hydrogens is 791 g/mol. The van der Waals surface area contributed by atoms with E-state index in [1.807, 2.05) is 45.2 Å². The molecule has 4 aromatic rings. The molecule has 6 amide bonds. The highest BCUT2D eigenvalue weighted by atomic mass is 32.1. The van der Waals surface area contributed by atoms with Crippen molar-refractivity contribution in [1.82, 2.24) is 36.4 Å². The normalized spacial score (nSPS) is 22.7. The van der Waals surface area contributed by atoms with E-state index in [-0.39, 0.29) is 65.7 Å². The number of carbonyl (C=O) groups excluding carboxylic acids is 6. The molecule has 4 aliphatic heterocycles. The number of benzene rings is 2. The van der Waals surface area contributed by atoms with Crippen molar-refractivity contribution in [3.63, 3.8) is 0 Å². The molecule has 2 aromatic carbocycles. The first-order chi connectivity index (χ1) is 28.3. The fraction of sp³-hybridized carbons (Fsp3) is 0.381. The summed E-state index contributed by atoms with van der Waals surface area (Å²) in [6.45, 7) is 14.7. The fourth-order valence-corrected chi connectivity index (χ4v) is 9.94. The Kier molecular flexibility index (Phi) is 12.3. The Morgan fingerprint density at radius 2 is 1.27 bits per heavy atom. The van der Waals surface area contributed by atoms with Gasteiger partial charge in [0.15, 0.2) is 0 Å². The maximum atomic E-state index is 13.0. The van der Waals surface area contributed by atoms with Crippen molar-refractivity contribution in [2.24, 2.45) is 0 Å². The van der Waals surface area contributed by atoms with Crippen LogP contribution in [-0.4, -0.2) is 122 Å². The van der Waals surface area contributed by atoms with Gasteiger partial charge in [-0.05, 0) is 82.3 Å². The molecule has 4 unspecified atom stereocenters. The summed E-state index contributed by atoms with van der Waals surface area (Å²) in [5.41, 5.74) is 2.64. The second-order valence-corrected chi connectivity index (χ2v) is 17.6. The van der Waals surface area contributed by atoms with Crippen LogP contribution in [0.15, 0.2) is 61.7 Å². The number of piperidine rings is 1. The number of nitrogens with zero attached hydrogens (tertiary/aromatic N) is 2. The van der Waals surface area contributed by atoms with Gasteiger partial charge in [-0.1, -0.05) is 13.2 Å². The van der Waals surface area contributed by atoms with Crippen molar-refractivity contribution in [2.45, 2.75) is 56.9 Å². The average Bonchev–Trinajstić information content (AvgIpc) is 3.84. The Bertz CT molecular complexity index is 2360. The second-order valence-electron chi connectivity index (χ2n) is 15.5. The minimum Gasteiger partial charge on any atom is -0.381 e. The third-order valence-electron chi connectivity index (χ3n) is 10.8. The monoisotopic (exact) mass is 839 g/mol. The summed E-state index contributed by atoms with van der Waals surface area (Å²) in [6, 6.07) is 10.6. The SMILES string of the molecule is C=CC(=O)N1CCCC(NC(=O)c2ccc3sc4c(c3c2)NC[C@@H](C)NC4=O)C1.C=CC(=O)NC1CN(C)CC1NC(=O)c1ccc2sc3c(c2c1)NCC(C)NC3=O. The number of hydrogen-bond donors (Lipinski definition) is 7. The van der Waals surface area contributed by atoms with Gasteiger partial charge in [-0.2, -0.15) is 0 Å². The zero-order chi connectivity index (χ0) is 42.0. The maximum absolute atomic E-state index is 13.0. The lowest BCUT2D eigenvalue weighted by atomic mass is 10.0. The van der Waals surface area contributed by atoms with Gasteiger partial charge in [0.25, 0.3) is 23.6 Å². The number of likely N-dealkylation sites (N-methyl/N-ethyl adjacent to an activating group) is 1. The van der Waals surface area contributed by atoms with Crippen molar-refractivity contribution in [1.29, 1.82) is 0 Å². The summed E-state index contributed by atoms with van der Waals surface area (Å²) in [4.78, 5) is 79.3. The predicted octanol–water partition coefficient (Wildman–Crippen LogP) is 3.51. The third kappa shape index (κ3) is 9.11. The smallest absolute Gasteiger partial charge is 0.263 e. The van der Waals surface area contributed by atoms with E-state index < -0.39 is 0 Å². The number of anilines is 2. The first kappa shape index (κ1) is 41.4. The highest BCUT2D eigenvalue weighted by Gasteiger charge is 2.33. The van der Waals surface area contributed by atoms with Crippen molar-refractivity contribution in [3.05, 3.63) is 82.6 Å². The molecule has 2 fully saturated rings. The Morgan fingerprint density at radius 3 is 1.80 bits per heavy atom. The number of nitrogens with one attached hydrogen (secondary N) is 7. The minimum absolute atomic E-state index is 0.0284. The van der Waals surface area contributed by atoms with Crippen LogP contribution in [0.25, 0.3) is 20.2 Å². The highest BCUT2D eigenvalue weighted by molar-refractivity contribution is 7.22. The van der Waals surface area contributed by atoms with Crippen molar-refractivity contribution in [2.75, 3.05) is 56.9 Å². The largest absolute Gasteiger partial charge is 0.381 e. The number of carbonyl (C=O) groups is 6. The molecule has 5 atom stereocenters. The van der Waals surface area contributed by atoms with E-state index in [4.69, 9.17) is 0 Å². The van der Waals surface area contributed by atoms with Gasteiger partial charge in [0.2, 0.25) is 11.8 Å². The first-order valence-electron chi connectivity index (χ1n) is 19.7. The van der Waals surface area contributed by atoms with Crippen LogP contribution in [0, 0.1) is 0 Å². The van der Waals surface area contributed by atoms with Crippen LogP contribution in [0.2, 0.25) is 0 Å². The molecule has 0 radical (unpaired) electrons. The number of fused-ring (bicyclic) bond motifs is 6. The van der Waals surface area contributed by atoms with Gasteiger partial charge < -0.3 is 47.0 Å². The van der Waals surface area contributed by atoms with Gasteiger partial charge in [-0.25, -0.2) is 0 Å². The lowest BCUT2D eigenvalue weighted by molar-refractivity contribution is -0.127. The van der Waals surface area contributed by atoms with E-state index in [0.717, 1.165) is 44.4 Å². The maximum Gasteiger partial charge on any atom is 0.263 e. The number of amides is 6. The van der Waals surface area contributed by atoms with Crippen molar-refractivity contribution >= 4 is 89.7 Å². The molecule has 4 aliphatic rings. The van der Waals surface area contributed by atoms with E-state index in [9.17, 15) is 28.8 Å². The Morgan fingerprint density at radius 1 is 0.746 bits per heavy atom. The quantitative estimate of drug-likeness (QED) is 0.137. The molecule has 15 nitrogen and oxygen atoms in total. The van der Waals surface area contributed by atoms with Crippen molar-refractivity contribution in [3.8, 4) is 0 Å². The zero-order valence-electron chi connectivity index (χ0n) is 33.2. The highest BCUT2D eigenvalue weighted by Crippen LogP contribution is 2.39. The Hall–Kier alpha value is -5.78. The van der Waals surface area contributed by atoms with Gasteiger partial charge in [0.05, 0.1) is 23.5 Å². The van der Waals surface area contributed by atoms with Gasteiger partial charge in [-0.15, -0.1) is 22.7 Å². The van der Waals surface area contributed by atoms with Gasteiger partial charge in [-0.3, -0.25) is 28.8 Å². The predicted molar refractivity (Wildman–Crippen MR) is 233 cm³/mol. The van der Waals surface area contributed by atoms with E-state index in [2.05, 4.69) is 55.3 Å². The van der Waals surface area contributed by atoms with E-state index >= 15 is 0 Å². The second kappa shape index (κ2) is 17.6. The molecule has 7 N–H and O–H groups in total. The molecule has 2 saturated heterocycles. The van der Waals surface area contributed by atoms with Crippen LogP contribution in [0.1, 0.15) is 66.7 Å². The summed E-state index contributed by atoms with van der Waals surface area (Å²) < 4.78 is 1.91. The molecule has 0 saturated carbocycles. The summed E-state index contributed by atoms with van der Waals surface area (Å²) in [7, 11) is 1.95. The van der Waals surface area contributed by atoms with Crippen LogP contribution in [0.5, 0.6) is 0 Å². The third-order valence-corrected chi connectivity index (χ3v) is 13.2. The minimum atomic E-state index is -0.254. The summed E-state index contributed by atoms with van der Waals surface area (Å²) in [5, 5.41) is 23.3. The van der Waals surface area contributed by atoms with Gasteiger partial charge in [0.1, 0.15) is 9.75 Å². The molecule has 0 aliphatic carbocycles. The van der Waals surface area contributed by atoms with Gasteiger partial charge >= 0.3 is 0 Å². The standard InChI is InChI=1S/C21H25N5O3S.C21H24N4O3S/c1-4-17(27)24-14-9-26(3)10-15(14)25-20(28)12-5-6-16-13(7-12)18-19(30-16)21(29)23-11(2)8-22-18;1-3-17(26)25-8-4-5-14(11-25)24-20(27)13-6-7-16-15(9-13)18-19(29-16)21(28)23-12(2)10-22-18/h4-7,11,14-15,22H,1,8-10H2,2-3H3,(H,23,29)(H,24,27)(H,25,28);3,6-7,9,12,14,22H,1,4-5,8,10-11H2,2H3,(H,23,28)(H,24,27)/t;12-,14?/m.1/s1. The van der Waals surface area contributed by atoms with E-state index in [1.165, 1.54) is 34.8 Å². The number of hydrogen-bond acceptors (Lipinski definition) is 11. The number of rotatable bonds is 7. The lowest BCUT2D eigenvalue weighted by Gasteiger charge is -2.32. The summed E-state index contributed by atoms with van der Waals surface area (Å²) in [6.07, 6.45) is 4.23. The van der Waals surface area contributed by atoms with Crippen LogP contribution in [-0.2, 0) is 9.59 Å². The molecule has 0 bridgehead atoms. The molecule has 59 heavy (non-hydrogen) atoms. The molecular formula is C42H49N9O6S2. The average molecular weight is 840 g/mol. The molecule has 17 heteroatoms. The molecule has 2 aromatic heterocycles. The van der Waals surface area contributed by atoms with Crippen LogP contribution in [0.3, 0.4) is 0 Å². The fourth-order valence-electron chi connectivity index (χ4n) is 7.82. The Balaban J connectivity index is 0.000000179. The lowest BCUT2D eigenvalue weighted by Crippen LogP contribution is -2.50. The van der Waals surface area contributed by atoms with Crippen LogP contribution < -0.4 is 37.2 Å². The summed E-state index contributed by atoms with van der Waals surface area (Å²) >= 11 is 2.84. The number of likely N-dealkylation sites (tertiary alicyclic amines) is 2. The summed E-state index contributed by atoms with van der Waals surface area (Å²) in [5.74, 6) is -0.915. The van der Waals surface area contributed by atoms with Crippen LogP contribution in [0.4, 0.5) is 11.4 Å². The molecule has 6 heterocycles. The van der Waals surface area contributed by atoms with Gasteiger partial charge in [0, 0.05) is 88.7 Å². The first-order valence-corrected chi connectivity index (χ1v) is 21.3. The zero-order valence-corrected chi connectivity index (χ0v) is 34.9. The van der Waals surface area contributed by atoms with E-state index in [0.29, 0.717) is 60.1 Å².